The highest BCUT2D eigenvalue weighted by molar-refractivity contribution is 5.39. The fraction of sp³-hybridized carbons (Fsp3) is 0.692. The molecule has 0 spiro atoms. The lowest BCUT2D eigenvalue weighted by Crippen LogP contribution is -2.35. The van der Waals surface area contributed by atoms with E-state index in [2.05, 4.69) is 33.4 Å². The van der Waals surface area contributed by atoms with Gasteiger partial charge in [0.05, 0.1) is 6.20 Å². The predicted octanol–water partition coefficient (Wildman–Crippen LogP) is 1.61. The molecule has 1 fully saturated rings. The molecule has 2 rings (SSSR count). The van der Waals surface area contributed by atoms with Crippen molar-refractivity contribution in [3.63, 3.8) is 0 Å². The Bertz CT molecular complexity index is 345. The van der Waals surface area contributed by atoms with Crippen LogP contribution in [-0.2, 0) is 0 Å². The summed E-state index contributed by atoms with van der Waals surface area (Å²) in [6.07, 6.45) is 5.65. The third-order valence-corrected chi connectivity index (χ3v) is 3.52. The Morgan fingerprint density at radius 3 is 2.82 bits per heavy atom. The largest absolute Gasteiger partial charge is 0.355 e. The van der Waals surface area contributed by atoms with Crippen molar-refractivity contribution in [1.29, 1.82) is 0 Å². The summed E-state index contributed by atoms with van der Waals surface area (Å²) < 4.78 is 0. The van der Waals surface area contributed by atoms with Crippen LogP contribution in [0.5, 0.6) is 0 Å². The van der Waals surface area contributed by atoms with Crippen LogP contribution in [0, 0.1) is 12.8 Å². The molecule has 0 bridgehead atoms. The fourth-order valence-electron chi connectivity index (χ4n) is 2.40. The third kappa shape index (κ3) is 3.40. The highest BCUT2D eigenvalue weighted by Crippen LogP contribution is 2.23. The maximum Gasteiger partial charge on any atom is 0.151 e. The summed E-state index contributed by atoms with van der Waals surface area (Å²) in [5.74, 6) is 1.91. The fourth-order valence-corrected chi connectivity index (χ4v) is 2.40. The van der Waals surface area contributed by atoms with E-state index in [1.54, 1.807) is 0 Å². The number of aryl methyl sites for hydroxylation is 1. The molecule has 0 aliphatic carbocycles. The average molecular weight is 234 g/mol. The van der Waals surface area contributed by atoms with E-state index in [4.69, 9.17) is 0 Å². The lowest BCUT2D eigenvalue weighted by Gasteiger charge is -2.32. The molecular weight excluding hydrogens is 212 g/mol. The Hall–Kier alpha value is -1.16. The first kappa shape index (κ1) is 12.3. The van der Waals surface area contributed by atoms with Crippen molar-refractivity contribution in [2.24, 2.45) is 5.92 Å². The predicted molar refractivity (Wildman–Crippen MR) is 70.2 cm³/mol. The van der Waals surface area contributed by atoms with Gasteiger partial charge in [0.2, 0.25) is 0 Å². The van der Waals surface area contributed by atoms with Crippen LogP contribution in [-0.4, -0.2) is 36.9 Å². The second-order valence-corrected chi connectivity index (χ2v) is 4.91. The van der Waals surface area contributed by atoms with Crippen molar-refractivity contribution in [3.05, 3.63) is 17.8 Å². The molecule has 1 N–H and O–H groups in total. The van der Waals surface area contributed by atoms with E-state index < -0.39 is 0 Å². The Morgan fingerprint density at radius 2 is 2.18 bits per heavy atom. The zero-order valence-electron chi connectivity index (χ0n) is 10.8. The second-order valence-electron chi connectivity index (χ2n) is 4.91. The number of rotatable bonds is 4. The average Bonchev–Trinajstić information content (AvgIpc) is 2.37. The van der Waals surface area contributed by atoms with Crippen LogP contribution in [0.15, 0.2) is 12.3 Å². The molecule has 0 saturated carbocycles. The van der Waals surface area contributed by atoms with Gasteiger partial charge >= 0.3 is 0 Å². The molecule has 1 aromatic heterocycles. The summed E-state index contributed by atoms with van der Waals surface area (Å²) in [7, 11) is 2.03. The minimum Gasteiger partial charge on any atom is -0.355 e. The van der Waals surface area contributed by atoms with E-state index in [1.165, 1.54) is 24.8 Å². The van der Waals surface area contributed by atoms with Crippen LogP contribution >= 0.6 is 0 Å². The van der Waals surface area contributed by atoms with Gasteiger partial charge in [-0.05, 0) is 57.3 Å². The number of nitrogens with zero attached hydrogens (tertiary/aromatic N) is 3. The molecule has 1 saturated heterocycles. The molecule has 0 radical (unpaired) electrons. The van der Waals surface area contributed by atoms with E-state index in [-0.39, 0.29) is 0 Å². The van der Waals surface area contributed by atoms with Crippen LogP contribution in [0.3, 0.4) is 0 Å². The minimum atomic E-state index is 0.872. The van der Waals surface area contributed by atoms with Crippen LogP contribution in [0.25, 0.3) is 0 Å². The number of piperidine rings is 1. The number of hydrogen-bond donors (Lipinski definition) is 1. The summed E-state index contributed by atoms with van der Waals surface area (Å²) in [5, 5.41) is 11.5. The van der Waals surface area contributed by atoms with Gasteiger partial charge in [-0.2, -0.15) is 5.10 Å². The quantitative estimate of drug-likeness (QED) is 0.859. The summed E-state index contributed by atoms with van der Waals surface area (Å²) in [6, 6.07) is 2.13. The first-order chi connectivity index (χ1) is 8.29. The second kappa shape index (κ2) is 5.96. The number of nitrogens with one attached hydrogen (secondary N) is 1. The first-order valence-corrected chi connectivity index (χ1v) is 6.48. The molecule has 0 atom stereocenters. The Balaban J connectivity index is 1.86. The summed E-state index contributed by atoms with van der Waals surface area (Å²) in [4.78, 5) is 2.36. The van der Waals surface area contributed by atoms with Gasteiger partial charge in [-0.15, -0.1) is 5.10 Å². The summed E-state index contributed by atoms with van der Waals surface area (Å²) >= 11 is 0. The van der Waals surface area contributed by atoms with Gasteiger partial charge in [0.1, 0.15) is 0 Å². The highest BCUT2D eigenvalue weighted by Gasteiger charge is 2.19. The van der Waals surface area contributed by atoms with Crippen molar-refractivity contribution < 1.29 is 0 Å². The zero-order chi connectivity index (χ0) is 12.1. The summed E-state index contributed by atoms with van der Waals surface area (Å²) in [5.41, 5.74) is 1.19. The molecule has 17 heavy (non-hydrogen) atoms. The normalized spacial score (nSPS) is 17.4. The van der Waals surface area contributed by atoms with Crippen molar-refractivity contribution in [2.45, 2.75) is 26.2 Å². The lowest BCUT2D eigenvalue weighted by molar-refractivity contribution is 0.376. The Morgan fingerprint density at radius 1 is 1.41 bits per heavy atom. The van der Waals surface area contributed by atoms with Crippen LogP contribution < -0.4 is 10.2 Å². The van der Waals surface area contributed by atoms with Crippen molar-refractivity contribution >= 4 is 5.82 Å². The van der Waals surface area contributed by atoms with Gasteiger partial charge in [-0.1, -0.05) is 0 Å². The molecule has 2 heterocycles. The summed E-state index contributed by atoms with van der Waals surface area (Å²) in [6.45, 7) is 5.44. The van der Waals surface area contributed by atoms with Crippen molar-refractivity contribution in [1.82, 2.24) is 15.5 Å². The standard InChI is InChI=1S/C13H22N4/c1-11-9-13(16-15-10-11)17-7-4-12(5-8-17)3-6-14-2/h9-10,12,14H,3-8H2,1-2H3. The van der Waals surface area contributed by atoms with E-state index in [0.29, 0.717) is 0 Å². The zero-order valence-corrected chi connectivity index (χ0v) is 10.8. The van der Waals surface area contributed by atoms with Gasteiger partial charge in [-0.3, -0.25) is 0 Å². The van der Waals surface area contributed by atoms with Crippen molar-refractivity contribution in [3.8, 4) is 0 Å². The van der Waals surface area contributed by atoms with Gasteiger partial charge in [0.25, 0.3) is 0 Å². The van der Waals surface area contributed by atoms with Crippen LogP contribution in [0.2, 0.25) is 0 Å². The molecule has 1 aliphatic rings. The molecule has 1 aromatic rings. The van der Waals surface area contributed by atoms with E-state index in [9.17, 15) is 0 Å². The SMILES string of the molecule is CNCCC1CCN(c2cc(C)cnn2)CC1. The Kier molecular flexibility index (Phi) is 4.31. The first-order valence-electron chi connectivity index (χ1n) is 6.48. The molecule has 4 nitrogen and oxygen atoms in total. The van der Waals surface area contributed by atoms with Gasteiger partial charge in [0.15, 0.2) is 5.82 Å². The monoisotopic (exact) mass is 234 g/mol. The molecule has 0 aromatic carbocycles. The maximum absolute atomic E-state index is 4.21. The smallest absolute Gasteiger partial charge is 0.151 e. The highest BCUT2D eigenvalue weighted by atomic mass is 15.3. The number of aromatic nitrogens is 2. The van der Waals surface area contributed by atoms with Crippen LogP contribution in [0.4, 0.5) is 5.82 Å². The Labute approximate surface area is 103 Å². The van der Waals surface area contributed by atoms with Gasteiger partial charge in [0, 0.05) is 13.1 Å². The number of hydrogen-bond acceptors (Lipinski definition) is 4. The molecular formula is C13H22N4. The number of anilines is 1. The maximum atomic E-state index is 4.21. The molecule has 1 aliphatic heterocycles. The van der Waals surface area contributed by atoms with Gasteiger partial charge < -0.3 is 10.2 Å². The molecule has 0 amide bonds. The van der Waals surface area contributed by atoms with Gasteiger partial charge in [-0.25, -0.2) is 0 Å². The van der Waals surface area contributed by atoms with Crippen LogP contribution in [0.1, 0.15) is 24.8 Å². The molecule has 94 valence electrons. The molecule has 0 unspecified atom stereocenters. The molecule has 4 heteroatoms. The third-order valence-electron chi connectivity index (χ3n) is 3.52. The van der Waals surface area contributed by atoms with E-state index in [0.717, 1.165) is 31.4 Å². The topological polar surface area (TPSA) is 41.0 Å². The lowest BCUT2D eigenvalue weighted by atomic mass is 9.93. The minimum absolute atomic E-state index is 0.872. The van der Waals surface area contributed by atoms with Crippen molar-refractivity contribution in [2.75, 3.05) is 31.6 Å². The van der Waals surface area contributed by atoms with E-state index in [1.807, 2.05) is 13.2 Å². The van der Waals surface area contributed by atoms with E-state index >= 15 is 0 Å².